The summed E-state index contributed by atoms with van der Waals surface area (Å²) < 4.78 is 35.7. The highest BCUT2D eigenvalue weighted by Crippen LogP contribution is 2.62. The van der Waals surface area contributed by atoms with Gasteiger partial charge in [-0.3, -0.25) is 0 Å². The average molecular weight is 421 g/mol. The van der Waals surface area contributed by atoms with Crippen molar-refractivity contribution in [3.8, 4) is 0 Å². The number of nitrogens with one attached hydrogen (secondary N) is 1. The summed E-state index contributed by atoms with van der Waals surface area (Å²) in [5.41, 5.74) is 2.82. The molecule has 8 nitrogen and oxygen atoms in total. The third-order valence-electron chi connectivity index (χ3n) is 6.82. The van der Waals surface area contributed by atoms with Gasteiger partial charge in [-0.15, -0.1) is 5.10 Å². The molecule has 1 saturated carbocycles. The number of hydrogen-bond donors (Lipinski definition) is 1. The maximum Gasteiger partial charge on any atom is 0.434 e. The van der Waals surface area contributed by atoms with E-state index in [1.165, 1.54) is 4.31 Å². The minimum Gasteiger partial charge on any atom is -0.390 e. The number of piperidine rings is 1. The predicted octanol–water partition coefficient (Wildman–Crippen LogP) is 2.77. The number of rotatable bonds is 6. The quantitative estimate of drug-likeness (QED) is 0.775. The van der Waals surface area contributed by atoms with E-state index in [1.807, 2.05) is 32.9 Å². The van der Waals surface area contributed by atoms with Crippen LogP contribution in [0.3, 0.4) is 0 Å². The zero-order valence-electron chi connectivity index (χ0n) is 17.5. The van der Waals surface area contributed by atoms with Crippen LogP contribution in [0, 0.1) is 31.1 Å². The maximum atomic E-state index is 13.8. The van der Waals surface area contributed by atoms with Gasteiger partial charge in [0.1, 0.15) is 6.04 Å². The normalized spacial score (nSPS) is 24.3. The molecule has 3 unspecified atom stereocenters. The van der Waals surface area contributed by atoms with E-state index in [0.29, 0.717) is 37.0 Å². The number of aromatic amines is 1. The molecule has 1 N–H and O–H groups in total. The Kier molecular flexibility index (Phi) is 4.66. The SMILES string of the molecule is CCC(c1n[nH]c(=O)o1)N(c1ccc(C)c(C)c1)S(=O)(=O)N1CC2C(C1)C2(C)C. The van der Waals surface area contributed by atoms with Crippen molar-refractivity contribution in [1.29, 1.82) is 0 Å². The average Bonchev–Trinajstić information content (AvgIpc) is 3.10. The standard InChI is InChI=1S/C20H28N4O4S/c1-6-17(18-21-22-19(25)28-18)24(14-8-7-12(2)13(3)9-14)29(26,27)23-10-15-16(11-23)20(15,4)5/h7-9,15-17H,6,10-11H2,1-5H3,(H,22,25). The first-order chi connectivity index (χ1) is 13.6. The Morgan fingerprint density at radius 2 is 1.93 bits per heavy atom. The summed E-state index contributed by atoms with van der Waals surface area (Å²) in [6.07, 6.45) is 0.409. The van der Waals surface area contributed by atoms with Crippen LogP contribution in [0.1, 0.15) is 50.3 Å². The zero-order chi connectivity index (χ0) is 21.1. The topological polar surface area (TPSA) is 99.5 Å². The fourth-order valence-electron chi connectivity index (χ4n) is 4.57. The molecule has 2 aromatic rings. The van der Waals surface area contributed by atoms with Gasteiger partial charge >= 0.3 is 16.0 Å². The Morgan fingerprint density at radius 3 is 2.45 bits per heavy atom. The van der Waals surface area contributed by atoms with E-state index in [2.05, 4.69) is 24.0 Å². The van der Waals surface area contributed by atoms with E-state index < -0.39 is 22.0 Å². The molecule has 4 rings (SSSR count). The largest absolute Gasteiger partial charge is 0.434 e. The van der Waals surface area contributed by atoms with Crippen LogP contribution in [0.25, 0.3) is 0 Å². The van der Waals surface area contributed by atoms with Crippen molar-refractivity contribution in [2.75, 3.05) is 17.4 Å². The molecule has 1 aromatic carbocycles. The molecule has 2 heterocycles. The Morgan fingerprint density at radius 1 is 1.28 bits per heavy atom. The summed E-state index contributed by atoms with van der Waals surface area (Å²) >= 11 is 0. The minimum absolute atomic E-state index is 0.0731. The van der Waals surface area contributed by atoms with Crippen molar-refractivity contribution in [1.82, 2.24) is 14.5 Å². The van der Waals surface area contributed by atoms with Gasteiger partial charge in [-0.1, -0.05) is 26.8 Å². The lowest BCUT2D eigenvalue weighted by atomic mass is 10.1. The van der Waals surface area contributed by atoms with E-state index in [1.54, 1.807) is 10.4 Å². The van der Waals surface area contributed by atoms with Crippen LogP contribution in [0.5, 0.6) is 0 Å². The van der Waals surface area contributed by atoms with Gasteiger partial charge in [0.25, 0.3) is 0 Å². The summed E-state index contributed by atoms with van der Waals surface area (Å²) in [6.45, 7) is 11.2. The molecule has 1 aliphatic heterocycles. The van der Waals surface area contributed by atoms with Gasteiger partial charge in [0.2, 0.25) is 5.89 Å². The number of fused-ring (bicyclic) bond motifs is 1. The first kappa shape index (κ1) is 20.2. The summed E-state index contributed by atoms with van der Waals surface area (Å²) in [4.78, 5) is 11.5. The smallest absolute Gasteiger partial charge is 0.390 e. The number of aryl methyl sites for hydroxylation is 2. The third kappa shape index (κ3) is 3.20. The predicted molar refractivity (Wildman–Crippen MR) is 110 cm³/mol. The molecule has 29 heavy (non-hydrogen) atoms. The molecule has 1 aliphatic carbocycles. The molecular weight excluding hydrogens is 392 g/mol. The summed E-state index contributed by atoms with van der Waals surface area (Å²) in [5.74, 6) is 0.161. The third-order valence-corrected chi connectivity index (χ3v) is 8.73. The van der Waals surface area contributed by atoms with Crippen molar-refractivity contribution in [3.63, 3.8) is 0 Å². The van der Waals surface area contributed by atoms with E-state index in [-0.39, 0.29) is 11.3 Å². The second-order valence-electron chi connectivity index (χ2n) is 8.80. The van der Waals surface area contributed by atoms with Crippen LogP contribution < -0.4 is 10.1 Å². The van der Waals surface area contributed by atoms with Crippen molar-refractivity contribution < 1.29 is 12.8 Å². The van der Waals surface area contributed by atoms with Gasteiger partial charge in [-0.2, -0.15) is 12.7 Å². The van der Waals surface area contributed by atoms with Crippen LogP contribution in [0.2, 0.25) is 0 Å². The van der Waals surface area contributed by atoms with Gasteiger partial charge in [0.15, 0.2) is 0 Å². The van der Waals surface area contributed by atoms with Crippen LogP contribution in [0.4, 0.5) is 5.69 Å². The minimum atomic E-state index is -3.84. The van der Waals surface area contributed by atoms with E-state index >= 15 is 0 Å². The molecule has 0 bridgehead atoms. The molecule has 2 aliphatic rings. The van der Waals surface area contributed by atoms with Gasteiger partial charge in [-0.25, -0.2) is 14.2 Å². The Hall–Kier alpha value is -2.13. The second kappa shape index (κ2) is 6.70. The van der Waals surface area contributed by atoms with Crippen molar-refractivity contribution in [2.45, 2.75) is 47.1 Å². The summed E-state index contributed by atoms with van der Waals surface area (Å²) in [5, 5.41) is 6.18. The molecule has 3 atom stereocenters. The van der Waals surface area contributed by atoms with E-state index in [9.17, 15) is 13.2 Å². The molecular formula is C20H28N4O4S. The number of hydrogen-bond acceptors (Lipinski definition) is 5. The van der Waals surface area contributed by atoms with Crippen molar-refractivity contribution >= 4 is 15.9 Å². The number of anilines is 1. The molecule has 1 saturated heterocycles. The number of benzene rings is 1. The van der Waals surface area contributed by atoms with Gasteiger partial charge in [0, 0.05) is 13.1 Å². The lowest BCUT2D eigenvalue weighted by Crippen LogP contribution is -2.46. The summed E-state index contributed by atoms with van der Waals surface area (Å²) in [6, 6.07) is 4.85. The second-order valence-corrected chi connectivity index (χ2v) is 10.6. The molecule has 9 heteroatoms. The monoisotopic (exact) mass is 420 g/mol. The van der Waals surface area contributed by atoms with Crippen LogP contribution in [0.15, 0.2) is 27.4 Å². The fourth-order valence-corrected chi connectivity index (χ4v) is 6.46. The number of H-pyrrole nitrogens is 1. The van der Waals surface area contributed by atoms with Crippen LogP contribution in [-0.4, -0.2) is 36.0 Å². The highest BCUT2D eigenvalue weighted by Gasteiger charge is 2.64. The number of nitrogens with zero attached hydrogens (tertiary/aromatic N) is 3. The van der Waals surface area contributed by atoms with Crippen LogP contribution >= 0.6 is 0 Å². The Bertz CT molecular complexity index is 1070. The first-order valence-corrected chi connectivity index (χ1v) is 11.4. The summed E-state index contributed by atoms with van der Waals surface area (Å²) in [7, 11) is -3.84. The maximum absolute atomic E-state index is 13.8. The van der Waals surface area contributed by atoms with Gasteiger partial charge < -0.3 is 4.42 Å². The highest BCUT2D eigenvalue weighted by atomic mass is 32.2. The lowest BCUT2D eigenvalue weighted by Gasteiger charge is -2.35. The van der Waals surface area contributed by atoms with Gasteiger partial charge in [-0.05, 0) is 60.8 Å². The van der Waals surface area contributed by atoms with Crippen molar-refractivity contribution in [2.24, 2.45) is 17.3 Å². The number of aromatic nitrogens is 2. The lowest BCUT2D eigenvalue weighted by molar-refractivity contribution is 0.356. The van der Waals surface area contributed by atoms with Crippen LogP contribution in [-0.2, 0) is 10.2 Å². The molecule has 1 aromatic heterocycles. The Balaban J connectivity index is 1.77. The zero-order valence-corrected chi connectivity index (χ0v) is 18.3. The van der Waals surface area contributed by atoms with Gasteiger partial charge in [0.05, 0.1) is 5.69 Å². The molecule has 2 fully saturated rings. The van der Waals surface area contributed by atoms with E-state index in [4.69, 9.17) is 4.42 Å². The first-order valence-electron chi connectivity index (χ1n) is 9.99. The van der Waals surface area contributed by atoms with Crippen molar-refractivity contribution in [3.05, 3.63) is 45.8 Å². The molecule has 158 valence electrons. The molecule has 0 spiro atoms. The fraction of sp³-hybridized carbons (Fsp3) is 0.600. The highest BCUT2D eigenvalue weighted by molar-refractivity contribution is 7.90. The van der Waals surface area contributed by atoms with E-state index in [0.717, 1.165) is 11.1 Å². The molecule has 0 radical (unpaired) electrons. The molecule has 0 amide bonds. The Labute approximate surface area is 171 Å².